The van der Waals surface area contributed by atoms with Crippen LogP contribution in [0.3, 0.4) is 0 Å². The smallest absolute Gasteiger partial charge is 0.320 e. The van der Waals surface area contributed by atoms with Crippen LogP contribution in [0.5, 0.6) is 0 Å². The molecule has 0 heterocycles. The van der Waals surface area contributed by atoms with Gasteiger partial charge in [0.2, 0.25) is 0 Å². The van der Waals surface area contributed by atoms with Crippen LogP contribution in [0.4, 0.5) is 0 Å². The van der Waals surface area contributed by atoms with Crippen LogP contribution in [0.15, 0.2) is 0 Å². The second-order valence-corrected chi connectivity index (χ2v) is 3.61. The van der Waals surface area contributed by atoms with Crippen LogP contribution in [0, 0.1) is 11.3 Å². The van der Waals surface area contributed by atoms with Gasteiger partial charge in [0.05, 0.1) is 5.41 Å². The molecule has 1 fully saturated rings. The summed E-state index contributed by atoms with van der Waals surface area (Å²) in [5, 5.41) is 17.4. The Labute approximate surface area is 80.3 Å². The maximum atomic E-state index is 10.8. The summed E-state index contributed by atoms with van der Waals surface area (Å²) in [4.78, 5) is 21.2. The van der Waals surface area contributed by atoms with Gasteiger partial charge in [-0.05, 0) is 6.42 Å². The molecular formula is C7H11NO4S. The van der Waals surface area contributed by atoms with Crippen molar-refractivity contribution >= 4 is 24.6 Å². The van der Waals surface area contributed by atoms with E-state index in [1.165, 1.54) is 0 Å². The van der Waals surface area contributed by atoms with E-state index in [-0.39, 0.29) is 5.75 Å². The number of carboxylic acid groups (broad SMARTS) is 2. The lowest BCUT2D eigenvalue weighted by Crippen LogP contribution is -2.36. The van der Waals surface area contributed by atoms with E-state index in [1.807, 2.05) is 0 Å². The zero-order valence-electron chi connectivity index (χ0n) is 6.80. The number of carbonyl (C=O) groups is 2. The first kappa shape index (κ1) is 10.3. The molecule has 0 radical (unpaired) electrons. The van der Waals surface area contributed by atoms with Gasteiger partial charge in [-0.2, -0.15) is 12.6 Å². The van der Waals surface area contributed by atoms with Gasteiger partial charge in [0.1, 0.15) is 6.04 Å². The fraction of sp³-hybridized carbons (Fsp3) is 0.714. The van der Waals surface area contributed by atoms with Crippen molar-refractivity contribution in [1.29, 1.82) is 0 Å². The summed E-state index contributed by atoms with van der Waals surface area (Å²) in [6.07, 6.45) is 0.305. The molecule has 0 bridgehead atoms. The third kappa shape index (κ3) is 1.51. The van der Waals surface area contributed by atoms with Gasteiger partial charge in [-0.25, -0.2) is 0 Å². The van der Waals surface area contributed by atoms with Gasteiger partial charge < -0.3 is 15.9 Å². The van der Waals surface area contributed by atoms with Crippen molar-refractivity contribution in [1.82, 2.24) is 0 Å². The monoisotopic (exact) mass is 205 g/mol. The van der Waals surface area contributed by atoms with Gasteiger partial charge >= 0.3 is 11.9 Å². The molecular weight excluding hydrogens is 194 g/mol. The Morgan fingerprint density at radius 3 is 2.38 bits per heavy atom. The number of rotatable bonds is 4. The summed E-state index contributed by atoms with van der Waals surface area (Å²) >= 11 is 3.90. The lowest BCUT2D eigenvalue weighted by atomic mass is 10.0. The number of aliphatic carboxylic acids is 2. The zero-order valence-corrected chi connectivity index (χ0v) is 7.70. The predicted octanol–water partition coefficient (Wildman–Crippen LogP) is -0.581. The highest BCUT2D eigenvalue weighted by molar-refractivity contribution is 7.80. The van der Waals surface area contributed by atoms with E-state index in [9.17, 15) is 9.59 Å². The topological polar surface area (TPSA) is 101 Å². The Hall–Kier alpha value is -0.750. The van der Waals surface area contributed by atoms with Gasteiger partial charge in [0, 0.05) is 11.7 Å². The quantitative estimate of drug-likeness (QED) is 0.460. The summed E-state index contributed by atoms with van der Waals surface area (Å²) in [5.74, 6) is -2.52. The van der Waals surface area contributed by atoms with Crippen LogP contribution in [0.1, 0.15) is 6.42 Å². The van der Waals surface area contributed by atoms with E-state index < -0.39 is 29.3 Å². The summed E-state index contributed by atoms with van der Waals surface area (Å²) < 4.78 is 0. The Balaban J connectivity index is 2.70. The highest BCUT2D eigenvalue weighted by Crippen LogP contribution is 2.54. The molecule has 1 rings (SSSR count). The zero-order chi connectivity index (χ0) is 10.2. The predicted molar refractivity (Wildman–Crippen MR) is 47.6 cm³/mol. The van der Waals surface area contributed by atoms with Crippen molar-refractivity contribution in [3.63, 3.8) is 0 Å². The van der Waals surface area contributed by atoms with Gasteiger partial charge in [-0.3, -0.25) is 9.59 Å². The lowest BCUT2D eigenvalue weighted by molar-refractivity contribution is -0.143. The van der Waals surface area contributed by atoms with Crippen LogP contribution in [0.25, 0.3) is 0 Å². The molecule has 0 aromatic carbocycles. The van der Waals surface area contributed by atoms with E-state index in [0.29, 0.717) is 6.42 Å². The van der Waals surface area contributed by atoms with Crippen LogP contribution >= 0.6 is 12.6 Å². The van der Waals surface area contributed by atoms with E-state index in [4.69, 9.17) is 15.9 Å². The Bertz CT molecular complexity index is 257. The van der Waals surface area contributed by atoms with E-state index in [1.54, 1.807) is 0 Å². The van der Waals surface area contributed by atoms with Gasteiger partial charge in [0.25, 0.3) is 0 Å². The Morgan fingerprint density at radius 1 is 1.62 bits per heavy atom. The first-order valence-corrected chi connectivity index (χ1v) is 4.41. The largest absolute Gasteiger partial charge is 0.481 e. The average Bonchev–Trinajstić information content (AvgIpc) is 2.78. The van der Waals surface area contributed by atoms with Crippen LogP contribution in [-0.2, 0) is 9.59 Å². The van der Waals surface area contributed by atoms with Crippen LogP contribution < -0.4 is 5.73 Å². The summed E-state index contributed by atoms with van der Waals surface area (Å²) in [5.41, 5.74) is 4.30. The molecule has 0 amide bonds. The second kappa shape index (κ2) is 3.19. The van der Waals surface area contributed by atoms with Crippen LogP contribution in [0.2, 0.25) is 0 Å². The number of hydrogen-bond acceptors (Lipinski definition) is 4. The van der Waals surface area contributed by atoms with E-state index >= 15 is 0 Å². The van der Waals surface area contributed by atoms with Crippen molar-refractivity contribution in [2.45, 2.75) is 12.5 Å². The number of carboxylic acids is 2. The number of nitrogens with two attached hydrogens (primary N) is 1. The first-order chi connectivity index (χ1) is 5.95. The van der Waals surface area contributed by atoms with Crippen molar-refractivity contribution in [2.24, 2.45) is 17.1 Å². The minimum Gasteiger partial charge on any atom is -0.481 e. The van der Waals surface area contributed by atoms with Crippen LogP contribution in [-0.4, -0.2) is 33.9 Å². The molecule has 0 saturated heterocycles. The van der Waals surface area contributed by atoms with Crippen molar-refractivity contribution in [2.75, 3.05) is 5.75 Å². The van der Waals surface area contributed by atoms with Gasteiger partial charge in [-0.15, -0.1) is 0 Å². The fourth-order valence-corrected chi connectivity index (χ4v) is 1.97. The van der Waals surface area contributed by atoms with E-state index in [2.05, 4.69) is 12.6 Å². The molecule has 5 nitrogen and oxygen atoms in total. The summed E-state index contributed by atoms with van der Waals surface area (Å²) in [6.45, 7) is 0. The molecule has 1 saturated carbocycles. The SMILES string of the molecule is N[C@H](C(=O)O)[C@@H]1C[C@]1(CS)C(=O)O. The molecule has 6 heteroatoms. The minimum atomic E-state index is -1.16. The molecule has 1 aliphatic rings. The molecule has 0 aromatic rings. The Morgan fingerprint density at radius 2 is 2.15 bits per heavy atom. The first-order valence-electron chi connectivity index (χ1n) is 3.78. The fourth-order valence-electron chi connectivity index (χ4n) is 1.47. The molecule has 0 spiro atoms. The maximum Gasteiger partial charge on any atom is 0.320 e. The molecule has 4 N–H and O–H groups in total. The minimum absolute atomic E-state index is 0.133. The van der Waals surface area contributed by atoms with E-state index in [0.717, 1.165) is 0 Å². The number of hydrogen-bond donors (Lipinski definition) is 4. The number of thiol groups is 1. The normalized spacial score (nSPS) is 33.8. The maximum absolute atomic E-state index is 10.8. The third-order valence-corrected chi connectivity index (χ3v) is 3.12. The average molecular weight is 205 g/mol. The lowest BCUT2D eigenvalue weighted by Gasteiger charge is -2.10. The molecule has 0 aromatic heterocycles. The molecule has 0 unspecified atom stereocenters. The summed E-state index contributed by atoms with van der Waals surface area (Å²) in [7, 11) is 0. The third-order valence-electron chi connectivity index (χ3n) is 2.56. The van der Waals surface area contributed by atoms with Crippen molar-refractivity contribution in [3.8, 4) is 0 Å². The summed E-state index contributed by atoms with van der Waals surface area (Å²) in [6, 6.07) is -1.09. The van der Waals surface area contributed by atoms with Gasteiger partial charge in [0.15, 0.2) is 0 Å². The highest BCUT2D eigenvalue weighted by Gasteiger charge is 2.63. The van der Waals surface area contributed by atoms with Gasteiger partial charge in [-0.1, -0.05) is 0 Å². The van der Waals surface area contributed by atoms with Crippen molar-refractivity contribution in [3.05, 3.63) is 0 Å². The van der Waals surface area contributed by atoms with Crippen molar-refractivity contribution < 1.29 is 19.8 Å². The molecule has 0 aliphatic heterocycles. The molecule has 1 aliphatic carbocycles. The highest BCUT2D eigenvalue weighted by atomic mass is 32.1. The molecule has 74 valence electrons. The Kier molecular flexibility index (Phi) is 2.53. The standard InChI is InChI=1S/C7H11NO4S/c8-4(5(9)10)3-1-7(3,2-13)6(11)12/h3-4,13H,1-2,8H2,(H,9,10)(H,11,12)/t3-,4-,7+/m0/s1. The second-order valence-electron chi connectivity index (χ2n) is 3.29. The molecule has 13 heavy (non-hydrogen) atoms. The molecule has 3 atom stereocenters.